The first-order valence-electron chi connectivity index (χ1n) is 3.95. The van der Waals surface area contributed by atoms with E-state index in [9.17, 15) is 18.3 Å². The van der Waals surface area contributed by atoms with Crippen LogP contribution >= 0.6 is 0 Å². The highest BCUT2D eigenvalue weighted by atomic mass is 19.4. The van der Waals surface area contributed by atoms with Gasteiger partial charge in [-0.2, -0.15) is 13.2 Å². The fourth-order valence-corrected chi connectivity index (χ4v) is 1.17. The van der Waals surface area contributed by atoms with Crippen LogP contribution in [0.25, 0.3) is 0 Å². The van der Waals surface area contributed by atoms with E-state index in [1.165, 1.54) is 18.3 Å². The van der Waals surface area contributed by atoms with Crippen molar-refractivity contribution in [1.82, 2.24) is 4.98 Å². The molecule has 0 aliphatic rings. The minimum absolute atomic E-state index is 0.273. The Hall–Kier alpha value is -1.23. The average molecular weight is 205 g/mol. The van der Waals surface area contributed by atoms with Crippen LogP contribution in [0.15, 0.2) is 31.0 Å². The van der Waals surface area contributed by atoms with E-state index in [0.29, 0.717) is 0 Å². The van der Waals surface area contributed by atoms with Crippen molar-refractivity contribution in [2.24, 2.45) is 0 Å². The molecule has 0 aliphatic carbocycles. The van der Waals surface area contributed by atoms with Gasteiger partial charge < -0.3 is 10.1 Å². The van der Waals surface area contributed by atoms with Crippen molar-refractivity contribution in [2.75, 3.05) is 0 Å². The Morgan fingerprint density at radius 2 is 2.14 bits per heavy atom. The lowest BCUT2D eigenvalue weighted by atomic mass is 9.95. The molecule has 0 saturated carbocycles. The Bertz CT molecular complexity index is 304. The fraction of sp³-hybridized carbons (Fsp3) is 0.333. The third-order valence-corrected chi connectivity index (χ3v) is 1.95. The lowest BCUT2D eigenvalue weighted by molar-refractivity contribution is -0.266. The predicted octanol–water partition coefficient (Wildman–Crippen LogP) is 2.34. The predicted molar refractivity (Wildman–Crippen MR) is 45.6 cm³/mol. The molecular weight excluding hydrogens is 195 g/mol. The first-order chi connectivity index (χ1) is 6.42. The number of aromatic nitrogens is 1. The third kappa shape index (κ3) is 1.68. The molecule has 0 radical (unpaired) electrons. The Balaban J connectivity index is 3.11. The van der Waals surface area contributed by atoms with Crippen LogP contribution in [0.2, 0.25) is 0 Å². The molecule has 78 valence electrons. The number of aliphatic hydroxyl groups is 1. The zero-order chi connectivity index (χ0) is 10.8. The van der Waals surface area contributed by atoms with Gasteiger partial charge in [-0.15, -0.1) is 6.58 Å². The summed E-state index contributed by atoms with van der Waals surface area (Å²) in [7, 11) is 0. The Morgan fingerprint density at radius 1 is 1.50 bits per heavy atom. The number of hydrogen-bond acceptors (Lipinski definition) is 1. The van der Waals surface area contributed by atoms with E-state index in [-0.39, 0.29) is 5.69 Å². The maximum absolute atomic E-state index is 12.5. The van der Waals surface area contributed by atoms with Crippen LogP contribution in [0, 0.1) is 0 Å². The molecule has 0 aliphatic heterocycles. The van der Waals surface area contributed by atoms with Gasteiger partial charge in [-0.3, -0.25) is 0 Å². The van der Waals surface area contributed by atoms with Crippen LogP contribution in [0.1, 0.15) is 12.1 Å². The van der Waals surface area contributed by atoms with Gasteiger partial charge in [-0.05, 0) is 12.1 Å². The van der Waals surface area contributed by atoms with E-state index >= 15 is 0 Å². The number of H-pyrrole nitrogens is 1. The summed E-state index contributed by atoms with van der Waals surface area (Å²) in [5, 5.41) is 9.48. The molecule has 0 saturated heterocycles. The molecule has 0 spiro atoms. The largest absolute Gasteiger partial charge is 0.423 e. The normalized spacial score (nSPS) is 16.3. The van der Waals surface area contributed by atoms with Crippen molar-refractivity contribution in [3.8, 4) is 0 Å². The zero-order valence-corrected chi connectivity index (χ0v) is 7.30. The quantitative estimate of drug-likeness (QED) is 0.730. The van der Waals surface area contributed by atoms with Crippen molar-refractivity contribution in [1.29, 1.82) is 0 Å². The molecular formula is C9H10F3NO. The number of halogens is 3. The molecule has 1 rings (SSSR count). The van der Waals surface area contributed by atoms with Crippen molar-refractivity contribution in [3.63, 3.8) is 0 Å². The molecule has 0 fully saturated rings. The van der Waals surface area contributed by atoms with E-state index in [0.717, 1.165) is 6.08 Å². The monoisotopic (exact) mass is 205 g/mol. The van der Waals surface area contributed by atoms with E-state index in [4.69, 9.17) is 0 Å². The summed E-state index contributed by atoms with van der Waals surface area (Å²) in [6.45, 7) is 3.20. The van der Waals surface area contributed by atoms with E-state index in [1.54, 1.807) is 0 Å². The molecule has 1 unspecified atom stereocenters. The summed E-state index contributed by atoms with van der Waals surface area (Å²) in [6, 6.07) is 2.59. The minimum Gasteiger partial charge on any atom is -0.375 e. The highest BCUT2D eigenvalue weighted by Crippen LogP contribution is 2.40. The van der Waals surface area contributed by atoms with Crippen molar-refractivity contribution in [2.45, 2.75) is 18.2 Å². The summed E-state index contributed by atoms with van der Waals surface area (Å²) >= 11 is 0. The highest BCUT2D eigenvalue weighted by molar-refractivity contribution is 5.17. The summed E-state index contributed by atoms with van der Waals surface area (Å²) in [4.78, 5) is 2.35. The van der Waals surface area contributed by atoms with Gasteiger partial charge >= 0.3 is 6.18 Å². The fourth-order valence-electron chi connectivity index (χ4n) is 1.17. The van der Waals surface area contributed by atoms with Crippen LogP contribution < -0.4 is 0 Å². The van der Waals surface area contributed by atoms with E-state index in [2.05, 4.69) is 11.6 Å². The summed E-state index contributed by atoms with van der Waals surface area (Å²) in [6.07, 6.45) is -2.92. The second kappa shape index (κ2) is 3.49. The van der Waals surface area contributed by atoms with Gasteiger partial charge in [0.15, 0.2) is 0 Å². The molecule has 5 heteroatoms. The summed E-state index contributed by atoms with van der Waals surface area (Å²) in [5.41, 5.74) is -3.14. The maximum Gasteiger partial charge on any atom is 0.423 e. The van der Waals surface area contributed by atoms with Gasteiger partial charge in [0.25, 0.3) is 0 Å². The molecule has 1 aromatic rings. The second-order valence-electron chi connectivity index (χ2n) is 2.93. The van der Waals surface area contributed by atoms with E-state index < -0.39 is 18.2 Å². The molecule has 2 nitrogen and oxygen atoms in total. The van der Waals surface area contributed by atoms with Crippen LogP contribution in [-0.4, -0.2) is 16.3 Å². The van der Waals surface area contributed by atoms with Crippen LogP contribution in [0.5, 0.6) is 0 Å². The summed E-state index contributed by atoms with van der Waals surface area (Å²) in [5.74, 6) is 0. The number of hydrogen-bond donors (Lipinski definition) is 2. The lowest BCUT2D eigenvalue weighted by Gasteiger charge is -2.28. The molecule has 1 atom stereocenters. The molecule has 1 heterocycles. The van der Waals surface area contributed by atoms with Gasteiger partial charge in [0.2, 0.25) is 5.60 Å². The average Bonchev–Trinajstić information content (AvgIpc) is 2.54. The summed E-state index contributed by atoms with van der Waals surface area (Å²) < 4.78 is 37.6. The first kappa shape index (κ1) is 10.8. The number of rotatable bonds is 3. The zero-order valence-electron chi connectivity index (χ0n) is 7.30. The molecule has 0 bridgehead atoms. The number of alkyl halides is 3. The van der Waals surface area contributed by atoms with Crippen molar-refractivity contribution in [3.05, 3.63) is 36.7 Å². The van der Waals surface area contributed by atoms with Crippen LogP contribution in [-0.2, 0) is 5.60 Å². The lowest BCUT2D eigenvalue weighted by Crippen LogP contribution is -2.42. The smallest absolute Gasteiger partial charge is 0.375 e. The topological polar surface area (TPSA) is 36.0 Å². The molecule has 0 amide bonds. The molecule has 1 aromatic heterocycles. The van der Waals surface area contributed by atoms with Gasteiger partial charge in [0.05, 0.1) is 5.69 Å². The Labute approximate surface area is 79.1 Å². The van der Waals surface area contributed by atoms with E-state index in [1.807, 2.05) is 0 Å². The number of aromatic amines is 1. The highest BCUT2D eigenvalue weighted by Gasteiger charge is 2.54. The Morgan fingerprint density at radius 3 is 2.50 bits per heavy atom. The second-order valence-corrected chi connectivity index (χ2v) is 2.93. The molecule has 0 aromatic carbocycles. The van der Waals surface area contributed by atoms with Gasteiger partial charge in [0.1, 0.15) is 0 Å². The molecule has 2 N–H and O–H groups in total. The van der Waals surface area contributed by atoms with Gasteiger partial charge in [0, 0.05) is 12.6 Å². The van der Waals surface area contributed by atoms with Crippen LogP contribution in [0.3, 0.4) is 0 Å². The first-order valence-corrected chi connectivity index (χ1v) is 3.95. The van der Waals surface area contributed by atoms with Crippen LogP contribution in [0.4, 0.5) is 13.2 Å². The van der Waals surface area contributed by atoms with Gasteiger partial charge in [-0.25, -0.2) is 0 Å². The van der Waals surface area contributed by atoms with Gasteiger partial charge in [-0.1, -0.05) is 6.08 Å². The SMILES string of the molecule is C=CCC(O)(c1ccc[nH]1)C(F)(F)F. The minimum atomic E-state index is -4.72. The van der Waals surface area contributed by atoms with Crippen molar-refractivity contribution < 1.29 is 18.3 Å². The standard InChI is InChI=1S/C9H10F3NO/c1-2-5-8(14,9(10,11)12)7-4-3-6-13-7/h2-4,6,13-14H,1,5H2. The maximum atomic E-state index is 12.5. The number of nitrogens with one attached hydrogen (secondary N) is 1. The van der Waals surface area contributed by atoms with Crippen molar-refractivity contribution >= 4 is 0 Å². The third-order valence-electron chi connectivity index (χ3n) is 1.95. The Kier molecular flexibility index (Phi) is 2.71. The molecule has 14 heavy (non-hydrogen) atoms.